The van der Waals surface area contributed by atoms with E-state index in [4.69, 9.17) is 4.74 Å². The van der Waals surface area contributed by atoms with Gasteiger partial charge in [-0.15, -0.1) is 0 Å². The van der Waals surface area contributed by atoms with E-state index < -0.39 is 0 Å². The minimum Gasteiger partial charge on any atom is -0.492 e. The maximum atomic E-state index is 5.60. The Morgan fingerprint density at radius 1 is 1.00 bits per heavy atom. The molecule has 0 amide bonds. The van der Waals surface area contributed by atoms with Crippen LogP contribution in [0.4, 0.5) is 0 Å². The molecule has 0 fully saturated rings. The van der Waals surface area contributed by atoms with E-state index in [0.717, 1.165) is 25.4 Å². The van der Waals surface area contributed by atoms with Gasteiger partial charge in [-0.05, 0) is 43.5 Å². The van der Waals surface area contributed by atoms with Crippen LogP contribution >= 0.6 is 11.8 Å². The molecule has 102 valence electrons. The molecule has 1 rings (SSSR count). The summed E-state index contributed by atoms with van der Waals surface area (Å²) in [6.07, 6.45) is 7.52. The Morgan fingerprint density at radius 2 is 1.78 bits per heavy atom. The molecule has 0 heterocycles. The van der Waals surface area contributed by atoms with E-state index in [0.29, 0.717) is 0 Å². The Kier molecular flexibility index (Phi) is 9.76. The molecule has 1 aromatic carbocycles. The molecular formula is C15H25NOS. The van der Waals surface area contributed by atoms with Crippen molar-refractivity contribution in [2.45, 2.75) is 25.7 Å². The van der Waals surface area contributed by atoms with Crippen LogP contribution in [0.3, 0.4) is 0 Å². The largest absolute Gasteiger partial charge is 0.492 e. The highest BCUT2D eigenvalue weighted by atomic mass is 32.2. The second kappa shape index (κ2) is 11.4. The van der Waals surface area contributed by atoms with Gasteiger partial charge in [0.15, 0.2) is 0 Å². The second-order valence-electron chi connectivity index (χ2n) is 4.32. The quantitative estimate of drug-likeness (QED) is 0.619. The molecule has 0 aliphatic rings. The first-order chi connectivity index (χ1) is 8.93. The summed E-state index contributed by atoms with van der Waals surface area (Å²) in [5.41, 5.74) is 0. The van der Waals surface area contributed by atoms with Gasteiger partial charge in [0.1, 0.15) is 12.4 Å². The van der Waals surface area contributed by atoms with Gasteiger partial charge in [-0.1, -0.05) is 31.0 Å². The highest BCUT2D eigenvalue weighted by Crippen LogP contribution is 2.07. The fraction of sp³-hybridized carbons (Fsp3) is 0.600. The fourth-order valence-electron chi connectivity index (χ4n) is 1.73. The van der Waals surface area contributed by atoms with Gasteiger partial charge < -0.3 is 10.1 Å². The van der Waals surface area contributed by atoms with E-state index in [-0.39, 0.29) is 0 Å². The molecule has 0 saturated heterocycles. The normalized spacial score (nSPS) is 10.5. The zero-order chi connectivity index (χ0) is 12.9. The van der Waals surface area contributed by atoms with Crippen LogP contribution in [0, 0.1) is 0 Å². The number of thioether (sulfide) groups is 1. The summed E-state index contributed by atoms with van der Waals surface area (Å²) in [7, 11) is 0. The molecule has 0 aliphatic heterocycles. The third-order valence-electron chi connectivity index (χ3n) is 2.74. The zero-order valence-electron chi connectivity index (χ0n) is 11.4. The lowest BCUT2D eigenvalue weighted by molar-refractivity contribution is 0.313. The van der Waals surface area contributed by atoms with Crippen molar-refractivity contribution in [3.8, 4) is 5.75 Å². The van der Waals surface area contributed by atoms with Gasteiger partial charge in [0, 0.05) is 6.54 Å². The monoisotopic (exact) mass is 267 g/mol. The number of unbranched alkanes of at least 4 members (excludes halogenated alkanes) is 3. The molecule has 0 atom stereocenters. The molecule has 0 radical (unpaired) electrons. The van der Waals surface area contributed by atoms with Gasteiger partial charge in [0.05, 0.1) is 0 Å². The molecule has 0 saturated carbocycles. The average molecular weight is 267 g/mol. The van der Waals surface area contributed by atoms with Crippen molar-refractivity contribution in [1.29, 1.82) is 0 Å². The lowest BCUT2D eigenvalue weighted by Gasteiger charge is -2.07. The summed E-state index contributed by atoms with van der Waals surface area (Å²) < 4.78 is 5.60. The molecule has 0 aliphatic carbocycles. The highest BCUT2D eigenvalue weighted by Gasteiger charge is 1.92. The summed E-state index contributed by atoms with van der Waals surface area (Å²) in [5, 5.41) is 3.42. The molecule has 0 unspecified atom stereocenters. The summed E-state index contributed by atoms with van der Waals surface area (Å²) in [6, 6.07) is 9.98. The first kappa shape index (κ1) is 15.4. The molecule has 18 heavy (non-hydrogen) atoms. The van der Waals surface area contributed by atoms with Crippen LogP contribution in [0.2, 0.25) is 0 Å². The maximum absolute atomic E-state index is 5.60. The predicted molar refractivity (Wildman–Crippen MR) is 81.7 cm³/mol. The minimum absolute atomic E-state index is 0.747. The van der Waals surface area contributed by atoms with Gasteiger partial charge >= 0.3 is 0 Å². The molecule has 1 aromatic rings. The number of hydrogen-bond donors (Lipinski definition) is 1. The molecular weight excluding hydrogens is 242 g/mol. The molecule has 0 bridgehead atoms. The van der Waals surface area contributed by atoms with Crippen LogP contribution in [0.25, 0.3) is 0 Å². The Balaban J connectivity index is 1.82. The van der Waals surface area contributed by atoms with Crippen LogP contribution in [-0.4, -0.2) is 31.7 Å². The second-order valence-corrected chi connectivity index (χ2v) is 5.30. The van der Waals surface area contributed by atoms with Crippen LogP contribution < -0.4 is 10.1 Å². The summed E-state index contributed by atoms with van der Waals surface area (Å²) in [5.74, 6) is 2.26. The highest BCUT2D eigenvalue weighted by molar-refractivity contribution is 7.98. The standard InChI is InChI=1S/C15H25NOS/c1-18-14-8-3-2-7-11-16-12-13-17-15-9-5-4-6-10-15/h4-6,9-10,16H,2-3,7-8,11-14H2,1H3. The average Bonchev–Trinajstić information content (AvgIpc) is 2.42. The molecule has 0 spiro atoms. The van der Waals surface area contributed by atoms with Gasteiger partial charge in [-0.2, -0.15) is 11.8 Å². The smallest absolute Gasteiger partial charge is 0.119 e. The first-order valence-electron chi connectivity index (χ1n) is 6.81. The van der Waals surface area contributed by atoms with Crippen molar-refractivity contribution in [3.63, 3.8) is 0 Å². The van der Waals surface area contributed by atoms with Crippen molar-refractivity contribution >= 4 is 11.8 Å². The first-order valence-corrected chi connectivity index (χ1v) is 8.20. The number of rotatable bonds is 11. The molecule has 1 N–H and O–H groups in total. The number of nitrogens with one attached hydrogen (secondary N) is 1. The Hall–Kier alpha value is -0.670. The Morgan fingerprint density at radius 3 is 2.56 bits per heavy atom. The maximum Gasteiger partial charge on any atom is 0.119 e. The number of hydrogen-bond acceptors (Lipinski definition) is 3. The summed E-state index contributed by atoms with van der Waals surface area (Å²) >= 11 is 1.94. The van der Waals surface area contributed by atoms with Crippen LogP contribution in [-0.2, 0) is 0 Å². The lowest BCUT2D eigenvalue weighted by atomic mass is 10.2. The Labute approximate surface area is 116 Å². The topological polar surface area (TPSA) is 21.3 Å². The minimum atomic E-state index is 0.747. The predicted octanol–water partition coefficient (Wildman–Crippen LogP) is 3.58. The number of para-hydroxylation sites is 1. The van der Waals surface area contributed by atoms with Crippen molar-refractivity contribution in [3.05, 3.63) is 30.3 Å². The summed E-state index contributed by atoms with van der Waals surface area (Å²) in [6.45, 7) is 2.79. The Bertz CT molecular complexity index is 279. The van der Waals surface area contributed by atoms with Crippen LogP contribution in [0.15, 0.2) is 30.3 Å². The van der Waals surface area contributed by atoms with Gasteiger partial charge in [-0.3, -0.25) is 0 Å². The SMILES string of the molecule is CSCCCCCCNCCOc1ccccc1. The third kappa shape index (κ3) is 8.43. The van der Waals surface area contributed by atoms with Crippen LogP contribution in [0.1, 0.15) is 25.7 Å². The summed E-state index contributed by atoms with van der Waals surface area (Å²) in [4.78, 5) is 0. The van der Waals surface area contributed by atoms with E-state index in [1.54, 1.807) is 0 Å². The van der Waals surface area contributed by atoms with E-state index >= 15 is 0 Å². The van der Waals surface area contributed by atoms with E-state index in [2.05, 4.69) is 11.6 Å². The van der Waals surface area contributed by atoms with Crippen LogP contribution in [0.5, 0.6) is 5.75 Å². The van der Waals surface area contributed by atoms with E-state index in [9.17, 15) is 0 Å². The number of benzene rings is 1. The van der Waals surface area contributed by atoms with Crippen molar-refractivity contribution in [2.75, 3.05) is 31.7 Å². The molecule has 3 heteroatoms. The van der Waals surface area contributed by atoms with Gasteiger partial charge in [0.2, 0.25) is 0 Å². The lowest BCUT2D eigenvalue weighted by Crippen LogP contribution is -2.22. The number of ether oxygens (including phenoxy) is 1. The van der Waals surface area contributed by atoms with Gasteiger partial charge in [0.25, 0.3) is 0 Å². The van der Waals surface area contributed by atoms with Gasteiger partial charge in [-0.25, -0.2) is 0 Å². The van der Waals surface area contributed by atoms with E-state index in [1.807, 2.05) is 42.1 Å². The van der Waals surface area contributed by atoms with Crippen molar-refractivity contribution in [2.24, 2.45) is 0 Å². The fourth-order valence-corrected chi connectivity index (χ4v) is 2.23. The third-order valence-corrected chi connectivity index (χ3v) is 3.44. The van der Waals surface area contributed by atoms with Crippen molar-refractivity contribution < 1.29 is 4.74 Å². The molecule has 0 aromatic heterocycles. The molecule has 2 nitrogen and oxygen atoms in total. The van der Waals surface area contributed by atoms with Crippen molar-refractivity contribution in [1.82, 2.24) is 5.32 Å². The zero-order valence-corrected chi connectivity index (χ0v) is 12.2. The van der Waals surface area contributed by atoms with E-state index in [1.165, 1.54) is 31.4 Å².